The van der Waals surface area contributed by atoms with Crippen molar-refractivity contribution in [3.63, 3.8) is 0 Å². The van der Waals surface area contributed by atoms with Gasteiger partial charge in [0, 0.05) is 39.6 Å². The van der Waals surface area contributed by atoms with Crippen LogP contribution in [0, 0.1) is 0 Å². The Kier molecular flexibility index (Phi) is 4.80. The van der Waals surface area contributed by atoms with Crippen LogP contribution in [0.25, 0.3) is 0 Å². The normalized spacial score (nSPS) is 20.6. The van der Waals surface area contributed by atoms with Crippen molar-refractivity contribution in [1.29, 1.82) is 0 Å². The predicted octanol–water partition coefficient (Wildman–Crippen LogP) is 0.0638. The highest BCUT2D eigenvalue weighted by molar-refractivity contribution is 14.1. The van der Waals surface area contributed by atoms with E-state index in [0.29, 0.717) is 0 Å². The first-order valence-electron chi connectivity index (χ1n) is 4.63. The molecular weight excluding hydrogens is 295 g/mol. The largest absolute Gasteiger partial charge is 0.340 e. The van der Waals surface area contributed by atoms with E-state index in [2.05, 4.69) is 27.5 Å². The molecule has 5 heteroatoms. The van der Waals surface area contributed by atoms with Gasteiger partial charge in [-0.25, -0.2) is 0 Å². The average Bonchev–Trinajstić information content (AvgIpc) is 2.18. The third-order valence-electron chi connectivity index (χ3n) is 2.36. The summed E-state index contributed by atoms with van der Waals surface area (Å²) in [5.74, 6) is 0.137. The zero-order valence-electron chi connectivity index (χ0n) is 8.20. The van der Waals surface area contributed by atoms with Gasteiger partial charge in [-0.05, 0) is 0 Å². The lowest BCUT2D eigenvalue weighted by atomic mass is 10.3. The van der Waals surface area contributed by atoms with Crippen LogP contribution in [0.3, 0.4) is 0 Å². The molecule has 1 radical (unpaired) electrons. The smallest absolute Gasteiger partial charge is 0.219 e. The molecule has 0 aromatic rings. The number of rotatable bonds is 3. The molecule has 1 saturated heterocycles. The molecule has 0 saturated carbocycles. The second-order valence-corrected chi connectivity index (χ2v) is 4.90. The van der Waals surface area contributed by atoms with Gasteiger partial charge in [0.05, 0.1) is 3.92 Å². The first-order valence-corrected chi connectivity index (χ1v) is 5.87. The van der Waals surface area contributed by atoms with Gasteiger partial charge in [0.15, 0.2) is 0 Å². The first kappa shape index (κ1) is 11.9. The highest BCUT2D eigenvalue weighted by atomic mass is 127. The van der Waals surface area contributed by atoms with Gasteiger partial charge in [0.2, 0.25) is 12.2 Å². The molecule has 4 nitrogen and oxygen atoms in total. The number of carbonyl (C=O) groups excluding carboxylic acids is 2. The van der Waals surface area contributed by atoms with Gasteiger partial charge in [-0.15, -0.1) is 0 Å². The molecule has 0 aromatic carbocycles. The van der Waals surface area contributed by atoms with E-state index in [1.807, 2.05) is 11.2 Å². The number of carbonyl (C=O) groups is 1. The highest BCUT2D eigenvalue weighted by Gasteiger charge is 2.19. The van der Waals surface area contributed by atoms with Crippen LogP contribution in [0.1, 0.15) is 6.92 Å². The maximum absolute atomic E-state index is 11.0. The van der Waals surface area contributed by atoms with Gasteiger partial charge < -0.3 is 4.90 Å². The maximum Gasteiger partial charge on any atom is 0.219 e. The van der Waals surface area contributed by atoms with E-state index in [1.165, 1.54) is 0 Å². The molecule has 1 atom stereocenters. The highest BCUT2D eigenvalue weighted by Crippen LogP contribution is 2.06. The van der Waals surface area contributed by atoms with E-state index in [-0.39, 0.29) is 9.83 Å². The van der Waals surface area contributed by atoms with Crippen molar-refractivity contribution >= 4 is 34.8 Å². The van der Waals surface area contributed by atoms with Crippen LogP contribution in [0.5, 0.6) is 0 Å². The van der Waals surface area contributed by atoms with E-state index in [0.717, 1.165) is 32.7 Å². The van der Waals surface area contributed by atoms with Crippen molar-refractivity contribution < 1.29 is 9.59 Å². The number of halogens is 1. The number of hydrogen-bond donors (Lipinski definition) is 0. The molecule has 1 heterocycles. The second-order valence-electron chi connectivity index (χ2n) is 3.39. The Morgan fingerprint density at radius 3 is 2.43 bits per heavy atom. The summed E-state index contributed by atoms with van der Waals surface area (Å²) in [6.07, 6.45) is 1.96. The number of amides is 1. The standard InChI is InChI=1S/C9H14IN2O2/c1-8(14)12-4-2-11(3-5-12)6-9(10)7-13/h9H,2-6H2,1H3. The van der Waals surface area contributed by atoms with Gasteiger partial charge in [-0.1, -0.05) is 22.6 Å². The number of hydrogen-bond acceptors (Lipinski definition) is 3. The summed E-state index contributed by atoms with van der Waals surface area (Å²) in [7, 11) is 0. The van der Waals surface area contributed by atoms with Crippen LogP contribution in [-0.4, -0.2) is 58.6 Å². The lowest BCUT2D eigenvalue weighted by molar-refractivity contribution is -0.130. The molecule has 1 aliphatic rings. The third kappa shape index (κ3) is 3.53. The van der Waals surface area contributed by atoms with Crippen molar-refractivity contribution in [2.24, 2.45) is 0 Å². The van der Waals surface area contributed by atoms with Crippen LogP contribution < -0.4 is 0 Å². The Morgan fingerprint density at radius 2 is 2.00 bits per heavy atom. The number of piperazine rings is 1. The minimum absolute atomic E-state index is 0.0588. The quantitative estimate of drug-likeness (QED) is 0.547. The minimum Gasteiger partial charge on any atom is -0.340 e. The van der Waals surface area contributed by atoms with Gasteiger partial charge in [0.25, 0.3) is 0 Å². The zero-order chi connectivity index (χ0) is 10.6. The summed E-state index contributed by atoms with van der Waals surface area (Å²) in [4.78, 5) is 25.4. The van der Waals surface area contributed by atoms with Crippen LogP contribution in [0.4, 0.5) is 0 Å². The summed E-state index contributed by atoms with van der Waals surface area (Å²) in [5.41, 5.74) is 0. The summed E-state index contributed by atoms with van der Waals surface area (Å²) in [6.45, 7) is 5.61. The molecule has 0 aliphatic carbocycles. The first-order chi connectivity index (χ1) is 6.63. The predicted molar refractivity (Wildman–Crippen MR) is 62.2 cm³/mol. The van der Waals surface area contributed by atoms with Gasteiger partial charge in [-0.2, -0.15) is 0 Å². The molecule has 14 heavy (non-hydrogen) atoms. The lowest BCUT2D eigenvalue weighted by Crippen LogP contribution is -2.49. The minimum atomic E-state index is -0.0588. The van der Waals surface area contributed by atoms with E-state index < -0.39 is 0 Å². The summed E-state index contributed by atoms with van der Waals surface area (Å²) in [5, 5.41) is 0. The van der Waals surface area contributed by atoms with Crippen molar-refractivity contribution in [1.82, 2.24) is 9.80 Å². The van der Waals surface area contributed by atoms with Gasteiger partial charge in [0.1, 0.15) is 0 Å². The van der Waals surface area contributed by atoms with E-state index in [9.17, 15) is 9.59 Å². The SMILES string of the molecule is CC(=O)N1CCN(CC(I)[C]=O)CC1. The van der Waals surface area contributed by atoms with Crippen molar-refractivity contribution in [3.8, 4) is 0 Å². The van der Waals surface area contributed by atoms with E-state index >= 15 is 0 Å². The van der Waals surface area contributed by atoms with Gasteiger partial charge >= 0.3 is 0 Å². The fourth-order valence-corrected chi connectivity index (χ4v) is 2.07. The monoisotopic (exact) mass is 309 g/mol. The Labute approximate surface area is 97.8 Å². The molecule has 1 fully saturated rings. The van der Waals surface area contributed by atoms with Crippen LogP contribution in [0.2, 0.25) is 0 Å². The Hall–Kier alpha value is -0.170. The topological polar surface area (TPSA) is 40.6 Å². The molecule has 1 rings (SSSR count). The Balaban J connectivity index is 2.28. The number of alkyl halides is 1. The van der Waals surface area contributed by atoms with Crippen LogP contribution in [0.15, 0.2) is 0 Å². The van der Waals surface area contributed by atoms with Crippen molar-refractivity contribution in [3.05, 3.63) is 0 Å². The second kappa shape index (κ2) is 5.65. The van der Waals surface area contributed by atoms with Crippen molar-refractivity contribution in [2.75, 3.05) is 32.7 Å². The fraction of sp³-hybridized carbons (Fsp3) is 0.778. The lowest BCUT2D eigenvalue weighted by Gasteiger charge is -2.34. The fourth-order valence-electron chi connectivity index (χ4n) is 1.51. The Bertz CT molecular complexity index is 215. The number of nitrogens with zero attached hydrogens (tertiary/aromatic N) is 2. The molecule has 0 aromatic heterocycles. The molecule has 79 valence electrons. The molecule has 0 bridgehead atoms. The van der Waals surface area contributed by atoms with Crippen LogP contribution in [-0.2, 0) is 9.59 Å². The van der Waals surface area contributed by atoms with Gasteiger partial charge in [-0.3, -0.25) is 14.5 Å². The molecule has 1 unspecified atom stereocenters. The van der Waals surface area contributed by atoms with E-state index in [1.54, 1.807) is 6.92 Å². The molecular formula is C9H14IN2O2. The van der Waals surface area contributed by atoms with Crippen LogP contribution >= 0.6 is 22.6 Å². The average molecular weight is 309 g/mol. The third-order valence-corrected chi connectivity index (χ3v) is 3.01. The molecule has 1 aliphatic heterocycles. The molecule has 1 amide bonds. The summed E-state index contributed by atoms with van der Waals surface area (Å²) >= 11 is 2.08. The van der Waals surface area contributed by atoms with E-state index in [4.69, 9.17) is 0 Å². The Morgan fingerprint density at radius 1 is 1.43 bits per heavy atom. The van der Waals surface area contributed by atoms with Crippen molar-refractivity contribution in [2.45, 2.75) is 10.8 Å². The summed E-state index contributed by atoms with van der Waals surface area (Å²) in [6, 6.07) is 0. The molecule has 0 N–H and O–H groups in total. The zero-order valence-corrected chi connectivity index (χ0v) is 10.4. The maximum atomic E-state index is 11.0. The molecule has 0 spiro atoms. The summed E-state index contributed by atoms with van der Waals surface area (Å²) < 4.78 is -0.0588.